The first-order valence-corrected chi connectivity index (χ1v) is 6.22. The molecule has 0 aliphatic carbocycles. The van der Waals surface area contributed by atoms with Crippen LogP contribution in [0.2, 0.25) is 0 Å². The Morgan fingerprint density at radius 2 is 2.15 bits per heavy atom. The summed E-state index contributed by atoms with van der Waals surface area (Å²) >= 11 is 0. The first kappa shape index (κ1) is 14.0. The number of hydrogen-bond acceptors (Lipinski definition) is 6. The summed E-state index contributed by atoms with van der Waals surface area (Å²) in [6.45, 7) is 0.393. The Hall–Kier alpha value is -2.41. The number of carbonyl (C=O) groups excluding carboxylic acids is 1. The predicted octanol–water partition coefficient (Wildman–Crippen LogP) is 0.00390. The van der Waals surface area contributed by atoms with Crippen LogP contribution in [-0.2, 0) is 17.6 Å². The second kappa shape index (κ2) is 6.67. The zero-order valence-corrected chi connectivity index (χ0v) is 10.8. The van der Waals surface area contributed by atoms with Crippen LogP contribution in [0.15, 0.2) is 35.1 Å². The van der Waals surface area contributed by atoms with Crippen LogP contribution in [0.5, 0.6) is 5.75 Å². The minimum absolute atomic E-state index is 0.186. The predicted molar refractivity (Wildman–Crippen MR) is 70.8 cm³/mol. The molecule has 1 aromatic carbocycles. The number of nitrogens with zero attached hydrogens (tertiary/aromatic N) is 2. The average Bonchev–Trinajstić information content (AvgIpc) is 2.94. The molecule has 2 rings (SSSR count). The third kappa shape index (κ3) is 4.06. The van der Waals surface area contributed by atoms with E-state index in [2.05, 4.69) is 15.5 Å². The first-order valence-electron chi connectivity index (χ1n) is 6.22. The van der Waals surface area contributed by atoms with Gasteiger partial charge in [-0.25, -0.2) is 0 Å². The molecule has 7 nitrogen and oxygen atoms in total. The van der Waals surface area contributed by atoms with E-state index < -0.39 is 6.04 Å². The molecular weight excluding hydrogens is 260 g/mol. The van der Waals surface area contributed by atoms with Crippen LogP contribution in [0.1, 0.15) is 11.5 Å². The fourth-order valence-corrected chi connectivity index (χ4v) is 1.71. The lowest BCUT2D eigenvalue weighted by Gasteiger charge is -2.11. The molecule has 1 amide bonds. The number of nitrogens with one attached hydrogen (secondary N) is 1. The number of amides is 1. The number of nitrogens with two attached hydrogens (primary N) is 1. The van der Waals surface area contributed by atoms with E-state index in [-0.39, 0.29) is 11.7 Å². The minimum Gasteiger partial charge on any atom is -0.508 e. The zero-order chi connectivity index (χ0) is 14.4. The molecule has 0 spiro atoms. The molecule has 0 fully saturated rings. The van der Waals surface area contributed by atoms with Gasteiger partial charge in [-0.05, 0) is 24.1 Å². The summed E-state index contributed by atoms with van der Waals surface area (Å²) in [7, 11) is 0. The molecule has 0 radical (unpaired) electrons. The lowest BCUT2D eigenvalue weighted by Crippen LogP contribution is -2.42. The highest BCUT2D eigenvalue weighted by Crippen LogP contribution is 2.10. The Bertz CT molecular complexity index is 539. The summed E-state index contributed by atoms with van der Waals surface area (Å²) in [5.41, 5.74) is 6.71. The molecular formula is C13H16N4O3. The van der Waals surface area contributed by atoms with Crippen molar-refractivity contribution >= 4 is 5.91 Å². The lowest BCUT2D eigenvalue weighted by molar-refractivity contribution is -0.122. The normalized spacial score (nSPS) is 12.1. The van der Waals surface area contributed by atoms with Gasteiger partial charge in [0, 0.05) is 13.0 Å². The van der Waals surface area contributed by atoms with Gasteiger partial charge in [0.1, 0.15) is 5.75 Å². The maximum Gasteiger partial charge on any atom is 0.237 e. The highest BCUT2D eigenvalue weighted by molar-refractivity contribution is 5.81. The molecule has 106 valence electrons. The summed E-state index contributed by atoms with van der Waals surface area (Å²) in [4.78, 5) is 15.6. The Balaban J connectivity index is 1.75. The number of phenols is 1. The van der Waals surface area contributed by atoms with Crippen LogP contribution in [0.25, 0.3) is 0 Å². The van der Waals surface area contributed by atoms with Crippen molar-refractivity contribution in [1.82, 2.24) is 15.5 Å². The quantitative estimate of drug-likeness (QED) is 0.684. The number of phenolic OH excluding ortho intramolecular Hbond substituents is 1. The van der Waals surface area contributed by atoms with Gasteiger partial charge in [-0.1, -0.05) is 17.3 Å². The summed E-state index contributed by atoms with van der Waals surface area (Å²) in [6, 6.07) is 5.97. The Kier molecular flexibility index (Phi) is 4.67. The number of carbonyl (C=O) groups is 1. The van der Waals surface area contributed by atoms with E-state index >= 15 is 0 Å². The van der Waals surface area contributed by atoms with Gasteiger partial charge >= 0.3 is 0 Å². The van der Waals surface area contributed by atoms with Crippen molar-refractivity contribution in [2.45, 2.75) is 18.9 Å². The Morgan fingerprint density at radius 1 is 1.40 bits per heavy atom. The standard InChI is InChI=1S/C13H16N4O3/c14-11(7-9-1-3-10(18)4-2-9)13(19)15-6-5-12-16-8-17-20-12/h1-4,8,11,18H,5-7,14H2,(H,15,19). The van der Waals surface area contributed by atoms with Gasteiger partial charge < -0.3 is 20.7 Å². The average molecular weight is 276 g/mol. The summed E-state index contributed by atoms with van der Waals surface area (Å²) in [6.07, 6.45) is 2.19. The van der Waals surface area contributed by atoms with Crippen LogP contribution in [0, 0.1) is 0 Å². The van der Waals surface area contributed by atoms with E-state index in [1.807, 2.05) is 0 Å². The monoisotopic (exact) mass is 276 g/mol. The van der Waals surface area contributed by atoms with Crippen molar-refractivity contribution in [3.8, 4) is 5.75 Å². The van der Waals surface area contributed by atoms with Gasteiger partial charge in [0.15, 0.2) is 6.33 Å². The number of rotatable bonds is 6. The fraction of sp³-hybridized carbons (Fsp3) is 0.308. The van der Waals surface area contributed by atoms with Gasteiger partial charge in [0.25, 0.3) is 0 Å². The molecule has 1 unspecified atom stereocenters. The third-order valence-corrected chi connectivity index (χ3v) is 2.77. The van der Waals surface area contributed by atoms with E-state index in [1.54, 1.807) is 24.3 Å². The topological polar surface area (TPSA) is 114 Å². The van der Waals surface area contributed by atoms with Crippen molar-refractivity contribution in [1.29, 1.82) is 0 Å². The van der Waals surface area contributed by atoms with Crippen LogP contribution in [-0.4, -0.2) is 33.7 Å². The lowest BCUT2D eigenvalue weighted by atomic mass is 10.1. The molecule has 0 aliphatic rings. The molecule has 1 heterocycles. The smallest absolute Gasteiger partial charge is 0.237 e. The van der Waals surface area contributed by atoms with E-state index in [0.29, 0.717) is 25.3 Å². The maximum absolute atomic E-state index is 11.8. The van der Waals surface area contributed by atoms with Crippen LogP contribution < -0.4 is 11.1 Å². The number of aromatic nitrogens is 2. The molecule has 20 heavy (non-hydrogen) atoms. The van der Waals surface area contributed by atoms with Crippen LogP contribution >= 0.6 is 0 Å². The van der Waals surface area contributed by atoms with Crippen LogP contribution in [0.3, 0.4) is 0 Å². The van der Waals surface area contributed by atoms with Crippen molar-refractivity contribution < 1.29 is 14.4 Å². The van der Waals surface area contributed by atoms with Crippen molar-refractivity contribution in [2.24, 2.45) is 5.73 Å². The largest absolute Gasteiger partial charge is 0.508 e. The fourth-order valence-electron chi connectivity index (χ4n) is 1.71. The van der Waals surface area contributed by atoms with Crippen LogP contribution in [0.4, 0.5) is 0 Å². The SMILES string of the molecule is NC(Cc1ccc(O)cc1)C(=O)NCCc1ncno1. The molecule has 7 heteroatoms. The summed E-state index contributed by atoms with van der Waals surface area (Å²) in [5.74, 6) is 0.418. The van der Waals surface area contributed by atoms with E-state index in [1.165, 1.54) is 6.33 Å². The van der Waals surface area contributed by atoms with Gasteiger partial charge in [-0.15, -0.1) is 0 Å². The van der Waals surface area contributed by atoms with Crippen molar-refractivity contribution in [2.75, 3.05) is 6.54 Å². The van der Waals surface area contributed by atoms with Gasteiger partial charge in [-0.3, -0.25) is 4.79 Å². The number of aromatic hydroxyl groups is 1. The minimum atomic E-state index is -0.637. The molecule has 2 aromatic rings. The summed E-state index contributed by atoms with van der Waals surface area (Å²) in [5, 5.41) is 15.4. The summed E-state index contributed by atoms with van der Waals surface area (Å²) < 4.78 is 4.82. The third-order valence-electron chi connectivity index (χ3n) is 2.77. The second-order valence-electron chi connectivity index (χ2n) is 4.35. The maximum atomic E-state index is 11.8. The second-order valence-corrected chi connectivity index (χ2v) is 4.35. The van der Waals surface area contributed by atoms with E-state index in [4.69, 9.17) is 10.3 Å². The van der Waals surface area contributed by atoms with E-state index in [0.717, 1.165) is 5.56 Å². The number of benzene rings is 1. The highest BCUT2D eigenvalue weighted by Gasteiger charge is 2.13. The Labute approximate surface area is 115 Å². The molecule has 0 aliphatic heterocycles. The molecule has 0 saturated carbocycles. The van der Waals surface area contributed by atoms with Gasteiger partial charge in [-0.2, -0.15) is 4.98 Å². The Morgan fingerprint density at radius 3 is 2.80 bits per heavy atom. The number of hydrogen-bond donors (Lipinski definition) is 3. The van der Waals surface area contributed by atoms with Crippen molar-refractivity contribution in [3.63, 3.8) is 0 Å². The van der Waals surface area contributed by atoms with Gasteiger partial charge in [0.2, 0.25) is 11.8 Å². The molecule has 0 bridgehead atoms. The van der Waals surface area contributed by atoms with Crippen molar-refractivity contribution in [3.05, 3.63) is 42.0 Å². The zero-order valence-electron chi connectivity index (χ0n) is 10.8. The first-order chi connectivity index (χ1) is 9.65. The molecule has 1 aromatic heterocycles. The van der Waals surface area contributed by atoms with E-state index in [9.17, 15) is 9.90 Å². The highest BCUT2D eigenvalue weighted by atomic mass is 16.5. The molecule has 0 saturated heterocycles. The molecule has 1 atom stereocenters. The molecule has 4 N–H and O–H groups in total. The van der Waals surface area contributed by atoms with Gasteiger partial charge in [0.05, 0.1) is 6.04 Å².